The highest BCUT2D eigenvalue weighted by Gasteiger charge is 2.34. The van der Waals surface area contributed by atoms with Crippen LogP contribution in [-0.2, 0) is 14.1 Å². The van der Waals surface area contributed by atoms with E-state index >= 15 is 0 Å². The lowest BCUT2D eigenvalue weighted by Crippen LogP contribution is -2.55. The molecule has 0 aliphatic rings. The monoisotopic (exact) mass is 527 g/mol. The van der Waals surface area contributed by atoms with Gasteiger partial charge in [0.2, 0.25) is 0 Å². The van der Waals surface area contributed by atoms with Crippen molar-refractivity contribution in [2.24, 2.45) is 0 Å². The lowest BCUT2D eigenvalue weighted by Gasteiger charge is -2.45. The van der Waals surface area contributed by atoms with E-state index in [1.54, 1.807) is 0 Å². The van der Waals surface area contributed by atoms with Gasteiger partial charge in [-0.25, -0.2) is 9.34 Å². The van der Waals surface area contributed by atoms with Gasteiger partial charge < -0.3 is 29.9 Å². The van der Waals surface area contributed by atoms with Crippen LogP contribution in [0.1, 0.15) is 61.8 Å². The first kappa shape index (κ1) is 34.1. The maximum atomic E-state index is 12.0. The fraction of sp³-hybridized carbons (Fsp3) is 0.957. The second-order valence-electron chi connectivity index (χ2n) is 9.49. The summed E-state index contributed by atoms with van der Waals surface area (Å²) in [5.41, 5.74) is -1.16. The number of aliphatic hydroxyl groups excluding tert-OH is 3. The van der Waals surface area contributed by atoms with Crippen molar-refractivity contribution in [3.63, 3.8) is 0 Å². The first-order valence-electron chi connectivity index (χ1n) is 12.3. The summed E-state index contributed by atoms with van der Waals surface area (Å²) in [7, 11) is -0.934. The van der Waals surface area contributed by atoms with Crippen LogP contribution in [0.3, 0.4) is 0 Å². The summed E-state index contributed by atoms with van der Waals surface area (Å²) in [6.45, 7) is 18.1. The minimum atomic E-state index is -1.16. The molecule has 0 fully saturated rings. The normalized spacial score (nSPS) is 13.1. The van der Waals surface area contributed by atoms with E-state index in [4.69, 9.17) is 9.26 Å². The van der Waals surface area contributed by atoms with Crippen LogP contribution in [-0.4, -0.2) is 111 Å². The van der Waals surface area contributed by atoms with Crippen LogP contribution in [0.25, 0.3) is 0 Å². The van der Waals surface area contributed by atoms with Gasteiger partial charge in [0.1, 0.15) is 0 Å². The van der Waals surface area contributed by atoms with Crippen LogP contribution in [0, 0.1) is 0 Å². The molecule has 0 aromatic carbocycles. The van der Waals surface area contributed by atoms with E-state index in [0.29, 0.717) is 49.7 Å². The summed E-state index contributed by atoms with van der Waals surface area (Å²) in [4.78, 5) is 12.0. The molecule has 0 aliphatic heterocycles. The number of hydrogen-bond donors (Lipinski definition) is 4. The Morgan fingerprint density at radius 1 is 0.853 bits per heavy atom. The third kappa shape index (κ3) is 12.4. The van der Waals surface area contributed by atoms with Gasteiger partial charge in [-0.05, 0) is 55.4 Å². The summed E-state index contributed by atoms with van der Waals surface area (Å²) >= 11 is 1.19. The summed E-state index contributed by atoms with van der Waals surface area (Å²) in [5.74, 6) is 0.549. The predicted octanol–water partition coefficient (Wildman–Crippen LogP) is 2.44. The van der Waals surface area contributed by atoms with Crippen LogP contribution in [0.4, 0.5) is 0 Å². The molecule has 11 heteroatoms. The van der Waals surface area contributed by atoms with E-state index < -0.39 is 33.8 Å². The van der Waals surface area contributed by atoms with Crippen molar-refractivity contribution in [2.75, 3.05) is 51.9 Å². The Hall–Kier alpha value is 0.130. The first-order valence-corrected chi connectivity index (χ1v) is 14.4. The van der Waals surface area contributed by atoms with E-state index in [0.717, 1.165) is 0 Å². The molecule has 0 aromatic heterocycles. The molecule has 0 bridgehead atoms. The van der Waals surface area contributed by atoms with Gasteiger partial charge in [-0.15, -0.1) is 0 Å². The lowest BCUT2D eigenvalue weighted by atomic mass is 10.0. The van der Waals surface area contributed by atoms with Gasteiger partial charge in [0, 0.05) is 42.9 Å². The Morgan fingerprint density at radius 2 is 1.32 bits per heavy atom. The lowest BCUT2D eigenvalue weighted by molar-refractivity contribution is -0.111. The summed E-state index contributed by atoms with van der Waals surface area (Å²) in [6, 6.07) is 1.45. The Bertz CT molecular complexity index is 495. The number of aliphatic hydroxyl groups is 3. The van der Waals surface area contributed by atoms with Gasteiger partial charge in [-0.3, -0.25) is 4.79 Å². The third-order valence-corrected chi connectivity index (χ3v) is 9.12. The fourth-order valence-corrected chi connectivity index (χ4v) is 6.55. The maximum Gasteiger partial charge on any atom is 0.190 e. The van der Waals surface area contributed by atoms with Crippen LogP contribution in [0.15, 0.2) is 0 Å². The molecule has 0 rings (SSSR count). The number of thioether (sulfide) groups is 1. The minimum absolute atomic E-state index is 0.00684. The van der Waals surface area contributed by atoms with Gasteiger partial charge >= 0.3 is 0 Å². The molecule has 0 aromatic rings. The number of ether oxygens (including phenoxy) is 1. The average molecular weight is 528 g/mol. The zero-order valence-electron chi connectivity index (χ0n) is 22.5. The van der Waals surface area contributed by atoms with Crippen LogP contribution in [0.5, 0.6) is 0 Å². The Morgan fingerprint density at radius 3 is 1.74 bits per heavy atom. The summed E-state index contributed by atoms with van der Waals surface area (Å²) < 4.78 is 17.0. The molecule has 0 atom stereocenters. The van der Waals surface area contributed by atoms with Crippen LogP contribution in [0.2, 0.25) is 0 Å². The van der Waals surface area contributed by atoms with Crippen molar-refractivity contribution in [1.29, 1.82) is 0 Å². The van der Waals surface area contributed by atoms with Crippen molar-refractivity contribution in [3.8, 4) is 0 Å². The largest absolute Gasteiger partial charge is 0.394 e. The molecular weight excluding hydrogens is 477 g/mol. The van der Waals surface area contributed by atoms with E-state index in [1.165, 1.54) is 11.8 Å². The van der Waals surface area contributed by atoms with E-state index in [9.17, 15) is 20.1 Å². The number of hydrogen-bond acceptors (Lipinski definition) is 10. The van der Waals surface area contributed by atoms with Gasteiger partial charge in [0.25, 0.3) is 0 Å². The standard InChI is InChI=1S/C23H50N3O6PS/c1-18(2)25(19(3)4)33(26(20(5)6)21(7)8)32-12-11-31-13-14-34-22(30)9-10-24-23(15-27,16-28)17-29/h18-21,24,27-29H,9-17H2,1-8H3. The summed E-state index contributed by atoms with van der Waals surface area (Å²) in [6.07, 6.45) is 0.236. The summed E-state index contributed by atoms with van der Waals surface area (Å²) in [5, 5.41) is 30.7. The zero-order chi connectivity index (χ0) is 26.3. The van der Waals surface area contributed by atoms with Gasteiger partial charge in [-0.1, -0.05) is 11.8 Å². The Balaban J connectivity index is 4.44. The molecule has 0 radical (unpaired) electrons. The number of nitrogens with zero attached hydrogens (tertiary/aromatic N) is 2. The molecule has 0 spiro atoms. The second-order valence-corrected chi connectivity index (χ2v) is 12.3. The Kier molecular flexibility index (Phi) is 18.5. The molecule has 0 unspecified atom stereocenters. The maximum absolute atomic E-state index is 12.0. The van der Waals surface area contributed by atoms with Gasteiger partial charge in [0.05, 0.1) is 45.2 Å². The third-order valence-electron chi connectivity index (χ3n) is 5.17. The van der Waals surface area contributed by atoms with Crippen molar-refractivity contribution >= 4 is 25.3 Å². The number of carbonyl (C=O) groups is 1. The number of rotatable bonds is 20. The molecule has 0 aliphatic carbocycles. The van der Waals surface area contributed by atoms with Gasteiger partial charge in [-0.2, -0.15) is 0 Å². The molecule has 0 saturated carbocycles. The molecule has 0 amide bonds. The molecule has 9 nitrogen and oxygen atoms in total. The highest BCUT2D eigenvalue weighted by Crippen LogP contribution is 2.50. The smallest absolute Gasteiger partial charge is 0.190 e. The van der Waals surface area contributed by atoms with Crippen molar-refractivity contribution in [2.45, 2.75) is 91.5 Å². The quantitative estimate of drug-likeness (QED) is 0.139. The topological polar surface area (TPSA) is 115 Å². The van der Waals surface area contributed by atoms with Gasteiger partial charge in [0.15, 0.2) is 13.6 Å². The van der Waals surface area contributed by atoms with Crippen LogP contribution >= 0.6 is 20.2 Å². The second kappa shape index (κ2) is 18.4. The zero-order valence-corrected chi connectivity index (χ0v) is 24.2. The van der Waals surface area contributed by atoms with E-state index in [1.807, 2.05) is 0 Å². The molecular formula is C23H50N3O6PS. The molecule has 0 heterocycles. The van der Waals surface area contributed by atoms with Crippen molar-refractivity contribution < 1.29 is 29.4 Å². The highest BCUT2D eigenvalue weighted by atomic mass is 32.2. The first-order chi connectivity index (χ1) is 16.0. The molecule has 34 heavy (non-hydrogen) atoms. The molecule has 0 saturated heterocycles. The average Bonchev–Trinajstić information content (AvgIpc) is 2.75. The number of carbonyl (C=O) groups excluding carboxylic acids is 1. The SMILES string of the molecule is CC(C)N(C(C)C)P(OCCOCCSC(=O)CCNC(CO)(CO)CO)N(C(C)C)C(C)C. The Labute approximate surface area is 212 Å². The van der Waals surface area contributed by atoms with E-state index in [-0.39, 0.29) is 18.1 Å². The van der Waals surface area contributed by atoms with Crippen molar-refractivity contribution in [1.82, 2.24) is 14.7 Å². The predicted molar refractivity (Wildman–Crippen MR) is 142 cm³/mol. The van der Waals surface area contributed by atoms with Crippen LogP contribution < -0.4 is 5.32 Å². The van der Waals surface area contributed by atoms with Crippen molar-refractivity contribution in [3.05, 3.63) is 0 Å². The minimum Gasteiger partial charge on any atom is -0.394 e. The fourth-order valence-electron chi connectivity index (χ4n) is 3.55. The molecule has 204 valence electrons. The van der Waals surface area contributed by atoms with E-state index in [2.05, 4.69) is 70.0 Å². The highest BCUT2D eigenvalue weighted by molar-refractivity contribution is 8.13. The molecule has 4 N–H and O–H groups in total. The number of nitrogens with one attached hydrogen (secondary N) is 1.